The van der Waals surface area contributed by atoms with Gasteiger partial charge in [-0.15, -0.1) is 0 Å². The van der Waals surface area contributed by atoms with Crippen LogP contribution in [0.3, 0.4) is 0 Å². The van der Waals surface area contributed by atoms with Crippen molar-refractivity contribution >= 4 is 17.2 Å². The predicted molar refractivity (Wildman–Crippen MR) is 73.4 cm³/mol. The molecule has 0 saturated carbocycles. The van der Waals surface area contributed by atoms with E-state index in [0.717, 1.165) is 17.5 Å². The van der Waals surface area contributed by atoms with Crippen molar-refractivity contribution in [2.75, 3.05) is 0 Å². The van der Waals surface area contributed by atoms with Crippen molar-refractivity contribution in [3.63, 3.8) is 0 Å². The summed E-state index contributed by atoms with van der Waals surface area (Å²) in [5.74, 6) is 0.0667. The van der Waals surface area contributed by atoms with E-state index in [4.69, 9.17) is 0 Å². The maximum absolute atomic E-state index is 11.9. The second kappa shape index (κ2) is 6.31. The van der Waals surface area contributed by atoms with Gasteiger partial charge >= 0.3 is 0 Å². The predicted octanol–water partition coefficient (Wildman–Crippen LogP) is 2.95. The molecular weight excluding hydrogens is 244 g/mol. The molecule has 2 aromatic heterocycles. The van der Waals surface area contributed by atoms with Gasteiger partial charge in [0.15, 0.2) is 0 Å². The topological polar surface area (TPSA) is 42.0 Å². The van der Waals surface area contributed by atoms with E-state index in [1.54, 1.807) is 23.7 Å². The van der Waals surface area contributed by atoms with Gasteiger partial charge in [-0.3, -0.25) is 9.78 Å². The number of thiophene rings is 1. The molecule has 2 aromatic rings. The molecule has 0 aliphatic heterocycles. The van der Waals surface area contributed by atoms with E-state index in [1.807, 2.05) is 29.0 Å². The molecule has 94 valence electrons. The maximum atomic E-state index is 11.9. The highest BCUT2D eigenvalue weighted by Gasteiger charge is 2.12. The molecule has 0 bridgehead atoms. The molecule has 0 saturated heterocycles. The van der Waals surface area contributed by atoms with E-state index in [-0.39, 0.29) is 11.9 Å². The van der Waals surface area contributed by atoms with E-state index in [2.05, 4.69) is 17.2 Å². The van der Waals surface area contributed by atoms with Crippen molar-refractivity contribution in [1.29, 1.82) is 0 Å². The first-order valence-electron chi connectivity index (χ1n) is 6.00. The number of hydrogen-bond donors (Lipinski definition) is 1. The number of carbonyl (C=O) groups excluding carboxylic acids is 1. The fraction of sp³-hybridized carbons (Fsp3) is 0.286. The first-order valence-corrected chi connectivity index (χ1v) is 6.94. The summed E-state index contributed by atoms with van der Waals surface area (Å²) in [6, 6.07) is 5.94. The number of rotatable bonds is 5. The van der Waals surface area contributed by atoms with Gasteiger partial charge in [-0.25, -0.2) is 0 Å². The first-order chi connectivity index (χ1) is 8.79. The molecule has 2 rings (SSSR count). The van der Waals surface area contributed by atoms with E-state index in [0.29, 0.717) is 6.42 Å². The van der Waals surface area contributed by atoms with Gasteiger partial charge in [0.1, 0.15) is 0 Å². The summed E-state index contributed by atoms with van der Waals surface area (Å²) in [6.07, 6.45) is 4.83. The van der Waals surface area contributed by atoms with Crippen LogP contribution in [-0.4, -0.2) is 10.9 Å². The smallest absolute Gasteiger partial charge is 0.224 e. The Labute approximate surface area is 111 Å². The van der Waals surface area contributed by atoms with Crippen molar-refractivity contribution < 1.29 is 4.79 Å². The molecule has 0 fully saturated rings. The Hall–Kier alpha value is -1.68. The Morgan fingerprint density at radius 3 is 2.78 bits per heavy atom. The standard InChI is InChI=1S/C14H16N2OS/c1-2-13(12-3-6-15-7-4-12)16-14(17)9-11-5-8-18-10-11/h3-8,10,13H,2,9H2,1H3,(H,16,17)/t13-/m0/s1. The van der Waals surface area contributed by atoms with E-state index < -0.39 is 0 Å². The number of amides is 1. The lowest BCUT2D eigenvalue weighted by atomic mass is 10.1. The van der Waals surface area contributed by atoms with Crippen LogP contribution in [0.2, 0.25) is 0 Å². The normalized spacial score (nSPS) is 12.1. The van der Waals surface area contributed by atoms with Gasteiger partial charge in [0.2, 0.25) is 5.91 Å². The second-order valence-electron chi connectivity index (χ2n) is 4.12. The second-order valence-corrected chi connectivity index (χ2v) is 4.90. The molecule has 1 atom stereocenters. The van der Waals surface area contributed by atoms with Gasteiger partial charge in [-0.05, 0) is 46.5 Å². The van der Waals surface area contributed by atoms with Crippen LogP contribution < -0.4 is 5.32 Å². The number of pyridine rings is 1. The molecule has 3 nitrogen and oxygen atoms in total. The zero-order valence-corrected chi connectivity index (χ0v) is 11.1. The van der Waals surface area contributed by atoms with Crippen LogP contribution in [0.15, 0.2) is 41.4 Å². The zero-order valence-electron chi connectivity index (χ0n) is 10.3. The summed E-state index contributed by atoms with van der Waals surface area (Å²) in [6.45, 7) is 2.07. The molecular formula is C14H16N2OS. The molecule has 0 unspecified atom stereocenters. The van der Waals surface area contributed by atoms with Crippen LogP contribution in [0.25, 0.3) is 0 Å². The van der Waals surface area contributed by atoms with Crippen molar-refractivity contribution in [2.45, 2.75) is 25.8 Å². The van der Waals surface area contributed by atoms with Gasteiger partial charge in [0, 0.05) is 12.4 Å². The van der Waals surface area contributed by atoms with Crippen LogP contribution in [-0.2, 0) is 11.2 Å². The Kier molecular flexibility index (Phi) is 4.47. The Balaban J connectivity index is 1.96. The molecule has 1 amide bonds. The number of hydrogen-bond acceptors (Lipinski definition) is 3. The zero-order chi connectivity index (χ0) is 12.8. The molecule has 4 heteroatoms. The molecule has 2 heterocycles. The SMILES string of the molecule is CC[C@H](NC(=O)Cc1ccsc1)c1ccncc1. The van der Waals surface area contributed by atoms with Crippen LogP contribution in [0.4, 0.5) is 0 Å². The molecule has 0 aliphatic rings. The van der Waals surface area contributed by atoms with Gasteiger partial charge in [0.05, 0.1) is 12.5 Å². The number of carbonyl (C=O) groups is 1. The van der Waals surface area contributed by atoms with Crippen LogP contribution in [0, 0.1) is 0 Å². The molecule has 18 heavy (non-hydrogen) atoms. The average molecular weight is 260 g/mol. The fourth-order valence-electron chi connectivity index (χ4n) is 1.84. The fourth-order valence-corrected chi connectivity index (χ4v) is 2.51. The Morgan fingerprint density at radius 1 is 1.39 bits per heavy atom. The summed E-state index contributed by atoms with van der Waals surface area (Å²) in [5.41, 5.74) is 2.17. The Morgan fingerprint density at radius 2 is 2.17 bits per heavy atom. The van der Waals surface area contributed by atoms with Crippen LogP contribution in [0.1, 0.15) is 30.5 Å². The third-order valence-electron chi connectivity index (χ3n) is 2.80. The maximum Gasteiger partial charge on any atom is 0.224 e. The number of nitrogens with zero attached hydrogens (tertiary/aromatic N) is 1. The number of nitrogens with one attached hydrogen (secondary N) is 1. The minimum atomic E-state index is 0.0667. The molecule has 0 aromatic carbocycles. The largest absolute Gasteiger partial charge is 0.349 e. The van der Waals surface area contributed by atoms with E-state index in [1.165, 1.54) is 0 Å². The summed E-state index contributed by atoms with van der Waals surface area (Å²) >= 11 is 1.61. The van der Waals surface area contributed by atoms with Gasteiger partial charge in [-0.1, -0.05) is 6.92 Å². The van der Waals surface area contributed by atoms with Crippen LogP contribution in [0.5, 0.6) is 0 Å². The van der Waals surface area contributed by atoms with Crippen molar-refractivity contribution in [2.24, 2.45) is 0 Å². The third kappa shape index (κ3) is 3.40. The first kappa shape index (κ1) is 12.8. The molecule has 0 spiro atoms. The monoisotopic (exact) mass is 260 g/mol. The number of aromatic nitrogens is 1. The highest BCUT2D eigenvalue weighted by molar-refractivity contribution is 7.07. The lowest BCUT2D eigenvalue weighted by Gasteiger charge is -2.17. The van der Waals surface area contributed by atoms with Crippen molar-refractivity contribution in [3.05, 3.63) is 52.5 Å². The lowest BCUT2D eigenvalue weighted by Crippen LogP contribution is -2.29. The van der Waals surface area contributed by atoms with Crippen molar-refractivity contribution in [1.82, 2.24) is 10.3 Å². The minimum absolute atomic E-state index is 0.0667. The van der Waals surface area contributed by atoms with Crippen LogP contribution >= 0.6 is 11.3 Å². The third-order valence-corrected chi connectivity index (χ3v) is 3.53. The quantitative estimate of drug-likeness (QED) is 0.898. The van der Waals surface area contributed by atoms with Gasteiger partial charge < -0.3 is 5.32 Å². The van der Waals surface area contributed by atoms with Crippen molar-refractivity contribution in [3.8, 4) is 0 Å². The van der Waals surface area contributed by atoms with E-state index >= 15 is 0 Å². The highest BCUT2D eigenvalue weighted by Crippen LogP contribution is 2.15. The minimum Gasteiger partial charge on any atom is -0.349 e. The summed E-state index contributed by atoms with van der Waals surface area (Å²) in [5, 5.41) is 7.05. The van der Waals surface area contributed by atoms with E-state index in [9.17, 15) is 4.79 Å². The Bertz CT molecular complexity index is 482. The summed E-state index contributed by atoms with van der Waals surface area (Å²) in [4.78, 5) is 15.9. The highest BCUT2D eigenvalue weighted by atomic mass is 32.1. The van der Waals surface area contributed by atoms with Gasteiger partial charge in [0.25, 0.3) is 0 Å². The lowest BCUT2D eigenvalue weighted by molar-refractivity contribution is -0.121. The average Bonchev–Trinajstić information content (AvgIpc) is 2.90. The summed E-state index contributed by atoms with van der Waals surface area (Å²) < 4.78 is 0. The molecule has 1 N–H and O–H groups in total. The summed E-state index contributed by atoms with van der Waals surface area (Å²) in [7, 11) is 0. The van der Waals surface area contributed by atoms with Gasteiger partial charge in [-0.2, -0.15) is 11.3 Å². The molecule has 0 radical (unpaired) electrons. The molecule has 0 aliphatic carbocycles.